The third-order valence-corrected chi connectivity index (χ3v) is 2.81. The molecule has 0 unspecified atom stereocenters. The Balaban J connectivity index is 1.90. The first-order chi connectivity index (χ1) is 6.86. The van der Waals surface area contributed by atoms with Gasteiger partial charge in [0.05, 0.1) is 0 Å². The van der Waals surface area contributed by atoms with Crippen molar-refractivity contribution >= 4 is 0 Å². The topological polar surface area (TPSA) is 28.2 Å². The molecule has 2 heterocycles. The van der Waals surface area contributed by atoms with E-state index in [4.69, 9.17) is 0 Å². The Bertz CT molecular complexity index is 267. The van der Waals surface area contributed by atoms with Gasteiger partial charge in [0.2, 0.25) is 0 Å². The molecule has 3 nitrogen and oxygen atoms in total. The summed E-state index contributed by atoms with van der Waals surface area (Å²) in [6.45, 7) is 3.28. The minimum absolute atomic E-state index is 0.690. The zero-order chi connectivity index (χ0) is 9.80. The lowest BCUT2D eigenvalue weighted by Crippen LogP contribution is -2.32. The van der Waals surface area contributed by atoms with E-state index in [1.54, 1.807) is 0 Å². The summed E-state index contributed by atoms with van der Waals surface area (Å²) >= 11 is 0. The number of pyridine rings is 1. The zero-order valence-corrected chi connectivity index (χ0v) is 8.61. The molecule has 0 bridgehead atoms. The van der Waals surface area contributed by atoms with Crippen molar-refractivity contribution < 1.29 is 0 Å². The van der Waals surface area contributed by atoms with Gasteiger partial charge in [-0.15, -0.1) is 0 Å². The smallest absolute Gasteiger partial charge is 0.0312 e. The van der Waals surface area contributed by atoms with Gasteiger partial charge in [0.25, 0.3) is 0 Å². The summed E-state index contributed by atoms with van der Waals surface area (Å²) in [6.07, 6.45) is 5.02. The molecule has 0 amide bonds. The second-order valence-corrected chi connectivity index (χ2v) is 3.92. The number of hydrogen-bond acceptors (Lipinski definition) is 3. The van der Waals surface area contributed by atoms with E-state index in [1.165, 1.54) is 12.0 Å². The standard InChI is InChI=1S/C11H17N3/c1-14(11-4-6-13-8-11)9-10-3-2-5-12-7-10/h2-3,5,7,11,13H,4,6,8-9H2,1H3/t11-/m0/s1. The van der Waals surface area contributed by atoms with E-state index < -0.39 is 0 Å². The molecule has 1 atom stereocenters. The normalized spacial score (nSPS) is 21.7. The van der Waals surface area contributed by atoms with Gasteiger partial charge in [0.1, 0.15) is 0 Å². The van der Waals surface area contributed by atoms with E-state index in [0.29, 0.717) is 6.04 Å². The first kappa shape index (κ1) is 9.62. The predicted molar refractivity (Wildman–Crippen MR) is 57.0 cm³/mol. The molecule has 0 spiro atoms. The molecule has 0 saturated carbocycles. The Labute approximate surface area is 85.1 Å². The summed E-state index contributed by atoms with van der Waals surface area (Å²) in [6, 6.07) is 4.82. The van der Waals surface area contributed by atoms with E-state index >= 15 is 0 Å². The number of likely N-dealkylation sites (N-methyl/N-ethyl adjacent to an activating group) is 1. The maximum Gasteiger partial charge on any atom is 0.0312 e. The van der Waals surface area contributed by atoms with Crippen molar-refractivity contribution in [2.24, 2.45) is 0 Å². The van der Waals surface area contributed by atoms with Gasteiger partial charge < -0.3 is 5.32 Å². The van der Waals surface area contributed by atoms with Crippen molar-refractivity contribution in [3.63, 3.8) is 0 Å². The molecule has 1 aliphatic rings. The number of nitrogens with zero attached hydrogens (tertiary/aromatic N) is 2. The second kappa shape index (κ2) is 4.53. The minimum atomic E-state index is 0.690. The highest BCUT2D eigenvalue weighted by atomic mass is 15.2. The van der Waals surface area contributed by atoms with Gasteiger partial charge >= 0.3 is 0 Å². The van der Waals surface area contributed by atoms with E-state index in [2.05, 4.69) is 28.3 Å². The zero-order valence-electron chi connectivity index (χ0n) is 8.61. The monoisotopic (exact) mass is 191 g/mol. The molecule has 0 radical (unpaired) electrons. The summed E-state index contributed by atoms with van der Waals surface area (Å²) in [5.74, 6) is 0. The molecule has 0 aliphatic carbocycles. The summed E-state index contributed by atoms with van der Waals surface area (Å²) < 4.78 is 0. The Hall–Kier alpha value is -0.930. The maximum absolute atomic E-state index is 4.12. The van der Waals surface area contributed by atoms with E-state index in [0.717, 1.165) is 19.6 Å². The lowest BCUT2D eigenvalue weighted by atomic mass is 10.2. The highest BCUT2D eigenvalue weighted by Crippen LogP contribution is 2.09. The molecule has 1 aromatic rings. The maximum atomic E-state index is 4.12. The second-order valence-electron chi connectivity index (χ2n) is 3.92. The Kier molecular flexibility index (Phi) is 3.11. The van der Waals surface area contributed by atoms with Crippen molar-refractivity contribution in [1.29, 1.82) is 0 Å². The number of nitrogens with one attached hydrogen (secondary N) is 1. The first-order valence-electron chi connectivity index (χ1n) is 5.16. The van der Waals surface area contributed by atoms with Gasteiger partial charge in [-0.1, -0.05) is 6.07 Å². The third-order valence-electron chi connectivity index (χ3n) is 2.81. The van der Waals surface area contributed by atoms with Gasteiger partial charge in [-0.2, -0.15) is 0 Å². The first-order valence-corrected chi connectivity index (χ1v) is 5.16. The Morgan fingerprint density at radius 3 is 3.21 bits per heavy atom. The molecular weight excluding hydrogens is 174 g/mol. The van der Waals surface area contributed by atoms with Gasteiger partial charge in [-0.25, -0.2) is 0 Å². The quantitative estimate of drug-likeness (QED) is 0.768. The van der Waals surface area contributed by atoms with Crippen LogP contribution in [0.3, 0.4) is 0 Å². The van der Waals surface area contributed by atoms with Gasteiger partial charge in [-0.3, -0.25) is 9.88 Å². The van der Waals surface area contributed by atoms with Crippen LogP contribution in [0.5, 0.6) is 0 Å². The Morgan fingerprint density at radius 1 is 1.64 bits per heavy atom. The summed E-state index contributed by atoms with van der Waals surface area (Å²) in [5.41, 5.74) is 1.29. The lowest BCUT2D eigenvalue weighted by Gasteiger charge is -2.23. The van der Waals surface area contributed by atoms with Crippen LogP contribution in [-0.4, -0.2) is 36.1 Å². The summed E-state index contributed by atoms with van der Waals surface area (Å²) in [4.78, 5) is 6.52. The SMILES string of the molecule is CN(Cc1cccnc1)[C@H]1CCNC1. The lowest BCUT2D eigenvalue weighted by molar-refractivity contribution is 0.248. The highest BCUT2D eigenvalue weighted by Gasteiger charge is 2.18. The minimum Gasteiger partial charge on any atom is -0.315 e. The Morgan fingerprint density at radius 2 is 2.57 bits per heavy atom. The van der Waals surface area contributed by atoms with Crippen molar-refractivity contribution in [1.82, 2.24) is 15.2 Å². The molecule has 0 aromatic carbocycles. The predicted octanol–water partition coefficient (Wildman–Crippen LogP) is 0.875. The van der Waals surface area contributed by atoms with Crippen LogP contribution in [0.2, 0.25) is 0 Å². The van der Waals surface area contributed by atoms with Crippen molar-refractivity contribution in [3.05, 3.63) is 30.1 Å². The molecule has 1 N–H and O–H groups in total. The summed E-state index contributed by atoms with van der Waals surface area (Å²) in [7, 11) is 2.19. The van der Waals surface area contributed by atoms with Crippen LogP contribution in [0.1, 0.15) is 12.0 Å². The number of rotatable bonds is 3. The fourth-order valence-corrected chi connectivity index (χ4v) is 1.92. The fraction of sp³-hybridized carbons (Fsp3) is 0.545. The molecule has 3 heteroatoms. The van der Waals surface area contributed by atoms with Crippen molar-refractivity contribution in [3.8, 4) is 0 Å². The molecule has 1 fully saturated rings. The van der Waals surface area contributed by atoms with E-state index in [9.17, 15) is 0 Å². The van der Waals surface area contributed by atoms with Crippen molar-refractivity contribution in [2.75, 3.05) is 20.1 Å². The number of aromatic nitrogens is 1. The van der Waals surface area contributed by atoms with Crippen LogP contribution in [0.25, 0.3) is 0 Å². The summed E-state index contributed by atoms with van der Waals surface area (Å²) in [5, 5.41) is 3.38. The van der Waals surface area contributed by atoms with E-state index in [1.807, 2.05) is 18.5 Å². The van der Waals surface area contributed by atoms with Crippen LogP contribution in [0.15, 0.2) is 24.5 Å². The highest BCUT2D eigenvalue weighted by molar-refractivity contribution is 5.08. The van der Waals surface area contributed by atoms with Crippen LogP contribution >= 0.6 is 0 Å². The largest absolute Gasteiger partial charge is 0.315 e. The van der Waals surface area contributed by atoms with Crippen LogP contribution in [0, 0.1) is 0 Å². The van der Waals surface area contributed by atoms with E-state index in [-0.39, 0.29) is 0 Å². The van der Waals surface area contributed by atoms with Crippen LogP contribution in [0.4, 0.5) is 0 Å². The molecular formula is C11H17N3. The molecule has 1 aromatic heterocycles. The van der Waals surface area contributed by atoms with Crippen molar-refractivity contribution in [2.45, 2.75) is 19.0 Å². The number of hydrogen-bond donors (Lipinski definition) is 1. The van der Waals surface area contributed by atoms with Crippen LogP contribution < -0.4 is 5.32 Å². The third kappa shape index (κ3) is 2.30. The molecule has 2 rings (SSSR count). The molecule has 76 valence electrons. The molecule has 1 saturated heterocycles. The molecule has 1 aliphatic heterocycles. The fourth-order valence-electron chi connectivity index (χ4n) is 1.92. The molecule has 14 heavy (non-hydrogen) atoms. The average molecular weight is 191 g/mol. The van der Waals surface area contributed by atoms with Gasteiger partial charge in [0.15, 0.2) is 0 Å². The van der Waals surface area contributed by atoms with Crippen LogP contribution in [-0.2, 0) is 6.54 Å². The van der Waals surface area contributed by atoms with Gasteiger partial charge in [0, 0.05) is 31.5 Å². The van der Waals surface area contributed by atoms with Gasteiger partial charge in [-0.05, 0) is 31.6 Å². The average Bonchev–Trinajstić information content (AvgIpc) is 2.72.